The summed E-state index contributed by atoms with van der Waals surface area (Å²) >= 11 is 3.44. The molecule has 0 spiro atoms. The first-order valence-electron chi connectivity index (χ1n) is 8.57. The zero-order valence-corrected chi connectivity index (χ0v) is 17.6. The Balaban J connectivity index is 1.98. The Morgan fingerprint density at radius 2 is 1.86 bits per heavy atom. The van der Waals surface area contributed by atoms with Crippen LogP contribution in [0.5, 0.6) is 0 Å². The van der Waals surface area contributed by atoms with Gasteiger partial charge in [0.2, 0.25) is 0 Å². The number of carbonyl (C=O) groups is 1. The first-order chi connectivity index (χ1) is 13.1. The van der Waals surface area contributed by atoms with Gasteiger partial charge in [0.25, 0.3) is 16.0 Å². The van der Waals surface area contributed by atoms with Crippen molar-refractivity contribution in [1.29, 1.82) is 0 Å². The second-order valence-electron chi connectivity index (χ2n) is 6.64. The minimum absolute atomic E-state index is 0.141. The quantitative estimate of drug-likeness (QED) is 0.635. The minimum atomic E-state index is -3.97. The molecule has 0 radical (unpaired) electrons. The van der Waals surface area contributed by atoms with E-state index in [9.17, 15) is 13.2 Å². The molecule has 1 heterocycles. The molecule has 1 unspecified atom stereocenters. The van der Waals surface area contributed by atoms with Gasteiger partial charge in [-0.15, -0.1) is 0 Å². The van der Waals surface area contributed by atoms with E-state index >= 15 is 0 Å². The summed E-state index contributed by atoms with van der Waals surface area (Å²) in [7, 11) is -2.38. The normalized spacial score (nSPS) is 19.8. The van der Waals surface area contributed by atoms with Crippen LogP contribution in [-0.4, -0.2) is 42.5 Å². The molecule has 0 saturated carbocycles. The van der Waals surface area contributed by atoms with Crippen molar-refractivity contribution in [3.8, 4) is 0 Å². The summed E-state index contributed by atoms with van der Waals surface area (Å²) in [6, 6.07) is 14.6. The Morgan fingerprint density at radius 3 is 2.39 bits per heavy atom. The maximum Gasteiger partial charge on any atom is 0.266 e. The van der Waals surface area contributed by atoms with Crippen molar-refractivity contribution in [3.05, 3.63) is 69.7 Å². The SMILES string of the molecule is CN1C(=O)C(c2ccc(CCCS(=O)(=O)O)cc2)(c2cccc(Br)c2)N=C1N. The minimum Gasteiger partial charge on any atom is -0.369 e. The smallest absolute Gasteiger partial charge is 0.266 e. The van der Waals surface area contributed by atoms with Crippen LogP contribution >= 0.6 is 15.9 Å². The molecular formula is C19H20BrN3O4S. The fourth-order valence-electron chi connectivity index (χ4n) is 3.27. The molecule has 1 atom stereocenters. The highest BCUT2D eigenvalue weighted by Crippen LogP contribution is 2.40. The molecule has 1 amide bonds. The Bertz CT molecular complexity index is 1040. The maximum absolute atomic E-state index is 13.1. The van der Waals surface area contributed by atoms with Crippen LogP contribution in [0.15, 0.2) is 58.0 Å². The van der Waals surface area contributed by atoms with Crippen molar-refractivity contribution in [1.82, 2.24) is 4.90 Å². The summed E-state index contributed by atoms with van der Waals surface area (Å²) in [4.78, 5) is 19.0. The van der Waals surface area contributed by atoms with Gasteiger partial charge in [0, 0.05) is 11.5 Å². The molecule has 0 aromatic heterocycles. The molecule has 9 heteroatoms. The molecule has 2 aromatic rings. The molecule has 28 heavy (non-hydrogen) atoms. The Kier molecular flexibility index (Phi) is 5.60. The lowest BCUT2D eigenvalue weighted by Gasteiger charge is -2.26. The van der Waals surface area contributed by atoms with Crippen molar-refractivity contribution >= 4 is 37.9 Å². The second-order valence-corrected chi connectivity index (χ2v) is 9.13. The number of halogens is 1. The average molecular weight is 466 g/mol. The Morgan fingerprint density at radius 1 is 1.18 bits per heavy atom. The zero-order valence-electron chi connectivity index (χ0n) is 15.2. The van der Waals surface area contributed by atoms with Gasteiger partial charge in [-0.1, -0.05) is 52.3 Å². The lowest BCUT2D eigenvalue weighted by molar-refractivity contribution is -0.129. The molecule has 7 nitrogen and oxygen atoms in total. The second kappa shape index (κ2) is 7.65. The van der Waals surface area contributed by atoms with Crippen molar-refractivity contribution in [2.75, 3.05) is 12.8 Å². The van der Waals surface area contributed by atoms with E-state index in [-0.39, 0.29) is 17.6 Å². The average Bonchev–Trinajstić information content (AvgIpc) is 2.86. The van der Waals surface area contributed by atoms with Gasteiger partial charge in [-0.25, -0.2) is 4.99 Å². The van der Waals surface area contributed by atoms with Crippen LogP contribution in [0.2, 0.25) is 0 Å². The summed E-state index contributed by atoms with van der Waals surface area (Å²) in [5.74, 6) is -0.398. The van der Waals surface area contributed by atoms with Crippen LogP contribution in [0.1, 0.15) is 23.1 Å². The third-order valence-electron chi connectivity index (χ3n) is 4.72. The molecule has 148 valence electrons. The van der Waals surface area contributed by atoms with E-state index in [1.165, 1.54) is 4.90 Å². The van der Waals surface area contributed by atoms with E-state index in [2.05, 4.69) is 20.9 Å². The van der Waals surface area contributed by atoms with Crippen molar-refractivity contribution < 1.29 is 17.8 Å². The topological polar surface area (TPSA) is 113 Å². The first-order valence-corrected chi connectivity index (χ1v) is 11.0. The third kappa shape index (κ3) is 3.96. The highest BCUT2D eigenvalue weighted by Gasteiger charge is 2.49. The third-order valence-corrected chi connectivity index (χ3v) is 6.02. The molecule has 3 rings (SSSR count). The number of carbonyl (C=O) groups excluding carboxylic acids is 1. The predicted molar refractivity (Wildman–Crippen MR) is 110 cm³/mol. The number of hydrogen-bond donors (Lipinski definition) is 2. The molecule has 0 fully saturated rings. The van der Waals surface area contributed by atoms with Crippen LogP contribution in [0, 0.1) is 0 Å². The van der Waals surface area contributed by atoms with Crippen LogP contribution in [0.3, 0.4) is 0 Å². The van der Waals surface area contributed by atoms with Crippen LogP contribution in [0.25, 0.3) is 0 Å². The highest BCUT2D eigenvalue weighted by molar-refractivity contribution is 9.10. The Hall–Kier alpha value is -2.23. The predicted octanol–water partition coefficient (Wildman–Crippen LogP) is 2.30. The maximum atomic E-state index is 13.1. The van der Waals surface area contributed by atoms with E-state index < -0.39 is 15.7 Å². The van der Waals surface area contributed by atoms with Gasteiger partial charge in [0.05, 0.1) is 5.75 Å². The van der Waals surface area contributed by atoms with Gasteiger partial charge in [-0.05, 0) is 41.7 Å². The molecular weight excluding hydrogens is 446 g/mol. The number of benzene rings is 2. The summed E-state index contributed by atoms with van der Waals surface area (Å²) < 4.78 is 31.4. The van der Waals surface area contributed by atoms with Crippen LogP contribution in [0.4, 0.5) is 0 Å². The van der Waals surface area contributed by atoms with Crippen molar-refractivity contribution in [3.63, 3.8) is 0 Å². The van der Waals surface area contributed by atoms with Crippen molar-refractivity contribution in [2.24, 2.45) is 10.7 Å². The highest BCUT2D eigenvalue weighted by atomic mass is 79.9. The summed E-state index contributed by atoms with van der Waals surface area (Å²) in [5, 5.41) is 0. The monoisotopic (exact) mass is 465 g/mol. The van der Waals surface area contributed by atoms with Gasteiger partial charge < -0.3 is 5.73 Å². The van der Waals surface area contributed by atoms with Crippen LogP contribution < -0.4 is 5.73 Å². The molecule has 3 N–H and O–H groups in total. The molecule has 0 bridgehead atoms. The number of aryl methyl sites for hydroxylation is 1. The summed E-state index contributed by atoms with van der Waals surface area (Å²) in [6.45, 7) is 0. The fourth-order valence-corrected chi connectivity index (χ4v) is 4.18. The van der Waals surface area contributed by atoms with Gasteiger partial charge >= 0.3 is 0 Å². The number of aliphatic imine (C=N–C) groups is 1. The molecule has 1 aliphatic heterocycles. The summed E-state index contributed by atoms with van der Waals surface area (Å²) in [6.07, 6.45) is 0.797. The first kappa shape index (κ1) is 20.5. The number of nitrogens with two attached hydrogens (primary N) is 1. The van der Waals surface area contributed by atoms with Gasteiger partial charge in [-0.2, -0.15) is 8.42 Å². The van der Waals surface area contributed by atoms with E-state index in [1.54, 1.807) is 19.2 Å². The standard InChI is InChI=1S/C19H20BrN3O4S/c1-23-17(24)19(22-18(23)21,15-5-2-6-16(20)12-15)14-9-7-13(8-10-14)4-3-11-28(25,26)27/h2,5-10,12H,3-4,11H2,1H3,(H2,21,22)(H,25,26,27). The number of rotatable bonds is 6. The van der Waals surface area contributed by atoms with Gasteiger partial charge in [0.1, 0.15) is 0 Å². The fraction of sp³-hybridized carbons (Fsp3) is 0.263. The lowest BCUT2D eigenvalue weighted by atomic mass is 9.82. The van der Waals surface area contributed by atoms with Gasteiger partial charge in [-0.3, -0.25) is 14.2 Å². The van der Waals surface area contributed by atoms with Gasteiger partial charge in [0.15, 0.2) is 11.5 Å². The molecule has 1 aliphatic rings. The molecule has 0 saturated heterocycles. The number of likely N-dealkylation sites (N-methyl/N-ethyl adjacent to an activating group) is 1. The van der Waals surface area contributed by atoms with E-state index in [0.717, 1.165) is 10.0 Å². The largest absolute Gasteiger partial charge is 0.369 e. The van der Waals surface area contributed by atoms with Crippen LogP contribution in [-0.2, 0) is 26.9 Å². The lowest BCUT2D eigenvalue weighted by Crippen LogP contribution is -2.41. The van der Waals surface area contributed by atoms with E-state index in [0.29, 0.717) is 24.0 Å². The zero-order chi connectivity index (χ0) is 20.5. The van der Waals surface area contributed by atoms with E-state index in [1.807, 2.05) is 36.4 Å². The summed E-state index contributed by atoms with van der Waals surface area (Å²) in [5.41, 5.74) is 6.94. The number of nitrogens with zero attached hydrogens (tertiary/aromatic N) is 2. The Labute approximate surface area is 172 Å². The molecule has 2 aromatic carbocycles. The molecule has 0 aliphatic carbocycles. The number of hydrogen-bond acceptors (Lipinski definition) is 5. The number of amides is 1. The number of guanidine groups is 1. The van der Waals surface area contributed by atoms with E-state index in [4.69, 9.17) is 10.3 Å². The van der Waals surface area contributed by atoms with Crippen molar-refractivity contribution in [2.45, 2.75) is 18.4 Å².